The molecule has 25 heavy (non-hydrogen) atoms. The maximum absolute atomic E-state index is 11.9. The number of morpholine rings is 1. The summed E-state index contributed by atoms with van der Waals surface area (Å²) in [6.45, 7) is 6.03. The molecule has 1 amide bonds. The average molecular weight is 340 g/mol. The lowest BCUT2D eigenvalue weighted by Gasteiger charge is -2.40. The van der Waals surface area contributed by atoms with Gasteiger partial charge in [-0.1, -0.05) is 30.3 Å². The molecule has 1 aliphatic heterocycles. The minimum absolute atomic E-state index is 0.258. The topological polar surface area (TPSA) is 50.8 Å². The molecule has 0 spiro atoms. The van der Waals surface area contributed by atoms with E-state index in [9.17, 15) is 4.79 Å². The number of carbonyl (C=O) groups excluding carboxylic acids is 1. The van der Waals surface area contributed by atoms with Gasteiger partial charge in [0.05, 0.1) is 13.2 Å². The Labute approximate surface area is 148 Å². The van der Waals surface area contributed by atoms with Gasteiger partial charge in [-0.15, -0.1) is 0 Å². The summed E-state index contributed by atoms with van der Waals surface area (Å²) in [5.41, 5.74) is 2.81. The predicted molar refractivity (Wildman–Crippen MR) is 98.9 cm³/mol. The zero-order valence-electron chi connectivity index (χ0n) is 14.6. The van der Waals surface area contributed by atoms with E-state index >= 15 is 0 Å². The Morgan fingerprint density at radius 3 is 2.36 bits per heavy atom. The molecular weight excluding hydrogens is 316 g/mol. The maximum Gasteiger partial charge on any atom is 0.411 e. The van der Waals surface area contributed by atoms with Crippen molar-refractivity contribution < 1.29 is 14.3 Å². The summed E-state index contributed by atoms with van der Waals surface area (Å²) in [7, 11) is 0. The molecule has 0 bridgehead atoms. The molecule has 2 atom stereocenters. The number of ether oxygens (including phenoxy) is 2. The summed E-state index contributed by atoms with van der Waals surface area (Å²) < 4.78 is 10.8. The van der Waals surface area contributed by atoms with Crippen molar-refractivity contribution in [3.63, 3.8) is 0 Å². The highest BCUT2D eigenvalue weighted by Crippen LogP contribution is 2.25. The van der Waals surface area contributed by atoms with Crippen molar-refractivity contribution in [2.24, 2.45) is 0 Å². The van der Waals surface area contributed by atoms with Crippen molar-refractivity contribution >= 4 is 17.5 Å². The van der Waals surface area contributed by atoms with Gasteiger partial charge in [0.25, 0.3) is 0 Å². The number of hydrogen-bond acceptors (Lipinski definition) is 4. The number of anilines is 2. The van der Waals surface area contributed by atoms with Crippen molar-refractivity contribution in [2.45, 2.75) is 32.5 Å². The van der Waals surface area contributed by atoms with Crippen molar-refractivity contribution in [1.82, 2.24) is 0 Å². The first kappa shape index (κ1) is 17.3. The van der Waals surface area contributed by atoms with Gasteiger partial charge in [-0.25, -0.2) is 4.79 Å². The zero-order valence-corrected chi connectivity index (χ0v) is 14.6. The lowest BCUT2D eigenvalue weighted by molar-refractivity contribution is 0.0757. The van der Waals surface area contributed by atoms with Gasteiger partial charge < -0.3 is 14.4 Å². The monoisotopic (exact) mass is 340 g/mol. The third kappa shape index (κ3) is 4.51. The lowest BCUT2D eigenvalue weighted by atomic mass is 10.1. The van der Waals surface area contributed by atoms with Crippen LogP contribution in [0.2, 0.25) is 0 Å². The highest BCUT2D eigenvalue weighted by atomic mass is 16.5. The molecule has 1 N–H and O–H groups in total. The van der Waals surface area contributed by atoms with E-state index in [4.69, 9.17) is 9.47 Å². The van der Waals surface area contributed by atoms with Crippen LogP contribution in [0.4, 0.5) is 16.2 Å². The van der Waals surface area contributed by atoms with Crippen LogP contribution in [-0.2, 0) is 16.1 Å². The van der Waals surface area contributed by atoms with Gasteiger partial charge in [-0.2, -0.15) is 0 Å². The second-order valence-electron chi connectivity index (χ2n) is 6.38. The Bertz CT molecular complexity index is 678. The Morgan fingerprint density at radius 2 is 1.72 bits per heavy atom. The number of benzene rings is 2. The summed E-state index contributed by atoms with van der Waals surface area (Å²) in [4.78, 5) is 14.3. The number of nitrogens with one attached hydrogen (secondary N) is 1. The molecular formula is C20H24N2O3. The molecule has 5 heteroatoms. The van der Waals surface area contributed by atoms with Gasteiger partial charge in [0.2, 0.25) is 0 Å². The van der Waals surface area contributed by atoms with Crippen LogP contribution in [0.5, 0.6) is 0 Å². The fourth-order valence-corrected chi connectivity index (χ4v) is 3.11. The highest BCUT2D eigenvalue weighted by Gasteiger charge is 2.25. The second-order valence-corrected chi connectivity index (χ2v) is 6.38. The summed E-state index contributed by atoms with van der Waals surface area (Å²) in [5, 5.41) is 2.76. The Kier molecular flexibility index (Phi) is 5.56. The Hall–Kier alpha value is -2.53. The normalized spacial score (nSPS) is 20.2. The van der Waals surface area contributed by atoms with Crippen LogP contribution >= 0.6 is 0 Å². The number of carbonyl (C=O) groups is 1. The van der Waals surface area contributed by atoms with E-state index < -0.39 is 6.09 Å². The first-order valence-corrected chi connectivity index (χ1v) is 8.57. The Balaban J connectivity index is 1.56. The molecule has 1 fully saturated rings. The fourth-order valence-electron chi connectivity index (χ4n) is 3.11. The molecule has 0 aliphatic carbocycles. The number of amides is 1. The van der Waals surface area contributed by atoms with E-state index in [1.165, 1.54) is 0 Å². The van der Waals surface area contributed by atoms with Crippen LogP contribution in [-0.4, -0.2) is 31.4 Å². The zero-order chi connectivity index (χ0) is 17.6. The molecule has 2 aromatic rings. The largest absolute Gasteiger partial charge is 0.444 e. The maximum atomic E-state index is 11.9. The van der Waals surface area contributed by atoms with Crippen LogP contribution in [0.1, 0.15) is 19.4 Å². The van der Waals surface area contributed by atoms with Crippen molar-refractivity contribution in [3.8, 4) is 0 Å². The minimum Gasteiger partial charge on any atom is -0.444 e. The van der Waals surface area contributed by atoms with Crippen molar-refractivity contribution in [2.75, 3.05) is 23.4 Å². The van der Waals surface area contributed by atoms with Crippen LogP contribution < -0.4 is 10.2 Å². The smallest absolute Gasteiger partial charge is 0.411 e. The predicted octanol–water partition coefficient (Wildman–Crippen LogP) is 4.05. The molecule has 0 aromatic heterocycles. The summed E-state index contributed by atoms with van der Waals surface area (Å²) >= 11 is 0. The van der Waals surface area contributed by atoms with E-state index in [2.05, 4.69) is 24.1 Å². The molecule has 0 radical (unpaired) electrons. The minimum atomic E-state index is -0.454. The number of hydrogen-bond donors (Lipinski definition) is 1. The van der Waals surface area contributed by atoms with Crippen molar-refractivity contribution in [1.29, 1.82) is 0 Å². The van der Waals surface area contributed by atoms with E-state index in [-0.39, 0.29) is 6.61 Å². The second kappa shape index (κ2) is 8.03. The summed E-state index contributed by atoms with van der Waals surface area (Å²) in [5.74, 6) is 0. The molecule has 1 aliphatic rings. The molecule has 1 heterocycles. The average Bonchev–Trinajstić information content (AvgIpc) is 2.62. The molecule has 2 aromatic carbocycles. The van der Waals surface area contributed by atoms with Gasteiger partial charge in [-0.3, -0.25) is 5.32 Å². The van der Waals surface area contributed by atoms with Gasteiger partial charge >= 0.3 is 6.09 Å². The van der Waals surface area contributed by atoms with Crippen molar-refractivity contribution in [3.05, 3.63) is 60.2 Å². The molecule has 0 saturated carbocycles. The van der Waals surface area contributed by atoms with E-state index in [1.54, 1.807) is 0 Å². The van der Waals surface area contributed by atoms with Gasteiger partial charge in [0, 0.05) is 23.5 Å². The lowest BCUT2D eigenvalue weighted by Crippen LogP contribution is -2.49. The standard InChI is InChI=1S/C20H24N2O3/c1-15-12-24-13-16(2)22(15)19-10-8-18(9-11-19)21-20(23)25-14-17-6-4-3-5-7-17/h3-11,15-16H,12-14H2,1-2H3,(H,21,23). The first-order valence-electron chi connectivity index (χ1n) is 8.57. The third-order valence-corrected chi connectivity index (χ3v) is 4.29. The Morgan fingerprint density at radius 1 is 1.08 bits per heavy atom. The number of nitrogens with zero attached hydrogens (tertiary/aromatic N) is 1. The molecule has 1 saturated heterocycles. The van der Waals surface area contributed by atoms with Gasteiger partial charge in [0.15, 0.2) is 0 Å². The van der Waals surface area contributed by atoms with Gasteiger partial charge in [-0.05, 0) is 43.7 Å². The fraction of sp³-hybridized carbons (Fsp3) is 0.350. The van der Waals surface area contributed by atoms with Crippen LogP contribution in [0, 0.1) is 0 Å². The highest BCUT2D eigenvalue weighted by molar-refractivity contribution is 5.84. The molecule has 5 nitrogen and oxygen atoms in total. The van der Waals surface area contributed by atoms with Gasteiger partial charge in [0.1, 0.15) is 6.61 Å². The van der Waals surface area contributed by atoms with Crippen LogP contribution in [0.25, 0.3) is 0 Å². The molecule has 132 valence electrons. The van der Waals surface area contributed by atoms with E-state index in [0.29, 0.717) is 12.1 Å². The third-order valence-electron chi connectivity index (χ3n) is 4.29. The van der Waals surface area contributed by atoms with E-state index in [1.807, 2.05) is 54.6 Å². The summed E-state index contributed by atoms with van der Waals surface area (Å²) in [6.07, 6.45) is -0.454. The SMILES string of the molecule is CC1COCC(C)N1c1ccc(NC(=O)OCc2ccccc2)cc1. The van der Waals surface area contributed by atoms with E-state index in [0.717, 1.165) is 30.2 Å². The molecule has 2 unspecified atom stereocenters. The first-order chi connectivity index (χ1) is 12.1. The number of rotatable bonds is 4. The molecule has 3 rings (SSSR count). The van der Waals surface area contributed by atoms with Crippen LogP contribution in [0.15, 0.2) is 54.6 Å². The quantitative estimate of drug-likeness (QED) is 0.912. The van der Waals surface area contributed by atoms with Crippen LogP contribution in [0.3, 0.4) is 0 Å². The summed E-state index contributed by atoms with van der Waals surface area (Å²) in [6, 6.07) is 18.1.